The molecular formula is C17H20N2O4. The first kappa shape index (κ1) is 16.7. The molecule has 0 spiro atoms. The molecule has 6 nitrogen and oxygen atoms in total. The number of benzene rings is 1. The molecule has 2 aromatic rings. The average Bonchev–Trinajstić information content (AvgIpc) is 2.95. The monoisotopic (exact) mass is 316 g/mol. The topological polar surface area (TPSA) is 92.4 Å². The Kier molecular flexibility index (Phi) is 4.83. The van der Waals surface area contributed by atoms with Gasteiger partial charge >= 0.3 is 5.97 Å². The van der Waals surface area contributed by atoms with Gasteiger partial charge < -0.3 is 14.8 Å². The van der Waals surface area contributed by atoms with Crippen LogP contribution in [0.3, 0.4) is 0 Å². The Bertz CT molecular complexity index is 696. The first-order chi connectivity index (χ1) is 10.8. The highest BCUT2D eigenvalue weighted by Gasteiger charge is 2.19. The van der Waals surface area contributed by atoms with Crippen LogP contribution in [0, 0.1) is 0 Å². The lowest BCUT2D eigenvalue weighted by molar-refractivity contribution is -0.120. The lowest BCUT2D eigenvalue weighted by Crippen LogP contribution is -2.24. The Morgan fingerprint density at radius 3 is 2.39 bits per heavy atom. The SMILES string of the molecule is CC(C)(C)c1cnc(CNC(=O)Cc2ccc(C(=O)O)cc2)o1. The number of oxazole rings is 1. The summed E-state index contributed by atoms with van der Waals surface area (Å²) in [5.41, 5.74) is 0.820. The van der Waals surface area contributed by atoms with E-state index in [2.05, 4.69) is 10.3 Å². The molecule has 0 atom stereocenters. The van der Waals surface area contributed by atoms with E-state index in [-0.39, 0.29) is 29.9 Å². The van der Waals surface area contributed by atoms with E-state index in [1.54, 1.807) is 18.3 Å². The fourth-order valence-electron chi connectivity index (χ4n) is 1.93. The number of nitrogens with one attached hydrogen (secondary N) is 1. The van der Waals surface area contributed by atoms with Crippen molar-refractivity contribution in [2.75, 3.05) is 0 Å². The number of hydrogen-bond acceptors (Lipinski definition) is 4. The predicted molar refractivity (Wildman–Crippen MR) is 84.2 cm³/mol. The molecule has 0 aliphatic rings. The van der Waals surface area contributed by atoms with Crippen LogP contribution in [0.5, 0.6) is 0 Å². The zero-order chi connectivity index (χ0) is 17.0. The van der Waals surface area contributed by atoms with E-state index in [1.165, 1.54) is 12.1 Å². The van der Waals surface area contributed by atoms with Crippen molar-refractivity contribution in [3.05, 3.63) is 53.2 Å². The second kappa shape index (κ2) is 6.64. The summed E-state index contributed by atoms with van der Waals surface area (Å²) in [7, 11) is 0. The van der Waals surface area contributed by atoms with E-state index in [0.29, 0.717) is 5.89 Å². The molecule has 0 fully saturated rings. The minimum Gasteiger partial charge on any atom is -0.478 e. The molecule has 1 amide bonds. The Balaban J connectivity index is 1.87. The van der Waals surface area contributed by atoms with Crippen molar-refractivity contribution in [3.63, 3.8) is 0 Å². The Morgan fingerprint density at radius 2 is 1.87 bits per heavy atom. The molecule has 6 heteroatoms. The summed E-state index contributed by atoms with van der Waals surface area (Å²) in [4.78, 5) is 26.8. The molecule has 2 rings (SSSR count). The molecule has 0 saturated heterocycles. The number of carbonyl (C=O) groups excluding carboxylic acids is 1. The standard InChI is InChI=1S/C17H20N2O4/c1-17(2,3)13-9-19-15(23-13)10-18-14(20)8-11-4-6-12(7-5-11)16(21)22/h4-7,9H,8,10H2,1-3H3,(H,18,20)(H,21,22). The van der Waals surface area contributed by atoms with Gasteiger partial charge in [0.25, 0.3) is 0 Å². The normalized spacial score (nSPS) is 11.3. The van der Waals surface area contributed by atoms with Crippen LogP contribution in [0.4, 0.5) is 0 Å². The maximum absolute atomic E-state index is 11.9. The fourth-order valence-corrected chi connectivity index (χ4v) is 1.93. The molecule has 0 aliphatic heterocycles. The number of nitrogens with zero attached hydrogens (tertiary/aromatic N) is 1. The molecule has 1 aromatic carbocycles. The van der Waals surface area contributed by atoms with E-state index in [1.807, 2.05) is 20.8 Å². The molecule has 0 radical (unpaired) electrons. The van der Waals surface area contributed by atoms with Crippen molar-refractivity contribution < 1.29 is 19.1 Å². The lowest BCUT2D eigenvalue weighted by atomic mass is 9.94. The van der Waals surface area contributed by atoms with Crippen LogP contribution < -0.4 is 5.32 Å². The first-order valence-corrected chi connectivity index (χ1v) is 7.30. The summed E-state index contributed by atoms with van der Waals surface area (Å²) >= 11 is 0. The van der Waals surface area contributed by atoms with Gasteiger partial charge in [0.05, 0.1) is 24.7 Å². The predicted octanol–water partition coefficient (Wildman–Crippen LogP) is 2.53. The third kappa shape index (κ3) is 4.67. The molecule has 0 aliphatic carbocycles. The molecule has 1 heterocycles. The average molecular weight is 316 g/mol. The summed E-state index contributed by atoms with van der Waals surface area (Å²) in [6, 6.07) is 6.22. The second-order valence-electron chi connectivity index (χ2n) is 6.32. The van der Waals surface area contributed by atoms with Gasteiger partial charge in [0.2, 0.25) is 11.8 Å². The van der Waals surface area contributed by atoms with E-state index in [0.717, 1.165) is 11.3 Å². The highest BCUT2D eigenvalue weighted by Crippen LogP contribution is 2.22. The molecular weight excluding hydrogens is 296 g/mol. The minimum atomic E-state index is -0.987. The molecule has 1 aromatic heterocycles. The van der Waals surface area contributed by atoms with Gasteiger partial charge in [-0.1, -0.05) is 32.9 Å². The zero-order valence-corrected chi connectivity index (χ0v) is 13.4. The van der Waals surface area contributed by atoms with Crippen molar-refractivity contribution in [3.8, 4) is 0 Å². The Labute approximate surface area is 134 Å². The minimum absolute atomic E-state index is 0.124. The van der Waals surface area contributed by atoms with Gasteiger partial charge in [-0.3, -0.25) is 4.79 Å². The number of aromatic carboxylic acids is 1. The van der Waals surface area contributed by atoms with Crippen LogP contribution in [0.25, 0.3) is 0 Å². The smallest absolute Gasteiger partial charge is 0.335 e. The van der Waals surface area contributed by atoms with E-state index in [9.17, 15) is 9.59 Å². The number of amides is 1. The van der Waals surface area contributed by atoms with Crippen molar-refractivity contribution in [2.24, 2.45) is 0 Å². The molecule has 0 saturated carbocycles. The van der Waals surface area contributed by atoms with Crippen molar-refractivity contribution in [1.82, 2.24) is 10.3 Å². The largest absolute Gasteiger partial charge is 0.478 e. The van der Waals surface area contributed by atoms with Crippen LogP contribution in [-0.2, 0) is 23.2 Å². The number of aromatic nitrogens is 1. The van der Waals surface area contributed by atoms with Gasteiger partial charge in [0.15, 0.2) is 0 Å². The van der Waals surface area contributed by atoms with Gasteiger partial charge in [-0.2, -0.15) is 0 Å². The molecule has 0 bridgehead atoms. The van der Waals surface area contributed by atoms with Crippen molar-refractivity contribution in [1.29, 1.82) is 0 Å². The van der Waals surface area contributed by atoms with Gasteiger partial charge in [0, 0.05) is 5.41 Å². The zero-order valence-electron chi connectivity index (χ0n) is 13.4. The van der Waals surface area contributed by atoms with E-state index in [4.69, 9.17) is 9.52 Å². The number of rotatable bonds is 5. The highest BCUT2D eigenvalue weighted by atomic mass is 16.4. The summed E-state index contributed by atoms with van der Waals surface area (Å²) in [6.07, 6.45) is 1.85. The van der Waals surface area contributed by atoms with Crippen LogP contribution in [0.15, 0.2) is 34.9 Å². The second-order valence-corrected chi connectivity index (χ2v) is 6.32. The van der Waals surface area contributed by atoms with Gasteiger partial charge in [-0.15, -0.1) is 0 Å². The number of carbonyl (C=O) groups is 2. The maximum atomic E-state index is 11.9. The summed E-state index contributed by atoms with van der Waals surface area (Å²) in [6.45, 7) is 6.30. The molecule has 0 unspecified atom stereocenters. The van der Waals surface area contributed by atoms with Crippen LogP contribution in [0.2, 0.25) is 0 Å². The summed E-state index contributed by atoms with van der Waals surface area (Å²) in [5, 5.41) is 11.6. The van der Waals surface area contributed by atoms with Crippen molar-refractivity contribution in [2.45, 2.75) is 39.2 Å². The molecule has 23 heavy (non-hydrogen) atoms. The van der Waals surface area contributed by atoms with Crippen LogP contribution >= 0.6 is 0 Å². The quantitative estimate of drug-likeness (QED) is 0.884. The first-order valence-electron chi connectivity index (χ1n) is 7.30. The Hall–Kier alpha value is -2.63. The Morgan fingerprint density at radius 1 is 1.22 bits per heavy atom. The van der Waals surface area contributed by atoms with Gasteiger partial charge in [0.1, 0.15) is 5.76 Å². The summed E-state index contributed by atoms with van der Waals surface area (Å²) in [5.74, 6) is 0.0682. The van der Waals surface area contributed by atoms with E-state index >= 15 is 0 Å². The van der Waals surface area contributed by atoms with Crippen molar-refractivity contribution >= 4 is 11.9 Å². The number of carboxylic acids is 1. The number of carboxylic acid groups (broad SMARTS) is 1. The van der Waals surface area contributed by atoms with E-state index < -0.39 is 5.97 Å². The fraction of sp³-hybridized carbons (Fsp3) is 0.353. The maximum Gasteiger partial charge on any atom is 0.335 e. The highest BCUT2D eigenvalue weighted by molar-refractivity contribution is 5.87. The molecule has 122 valence electrons. The third-order valence-electron chi connectivity index (χ3n) is 3.30. The van der Waals surface area contributed by atoms with Gasteiger partial charge in [-0.05, 0) is 17.7 Å². The molecule has 2 N–H and O–H groups in total. The van der Waals surface area contributed by atoms with Crippen LogP contribution in [-0.4, -0.2) is 22.0 Å². The summed E-state index contributed by atoms with van der Waals surface area (Å²) < 4.78 is 5.60. The third-order valence-corrected chi connectivity index (χ3v) is 3.30. The number of hydrogen-bond donors (Lipinski definition) is 2. The van der Waals surface area contributed by atoms with Crippen LogP contribution in [0.1, 0.15) is 48.3 Å². The van der Waals surface area contributed by atoms with Gasteiger partial charge in [-0.25, -0.2) is 9.78 Å². The lowest BCUT2D eigenvalue weighted by Gasteiger charge is -2.13.